The SMILES string of the molecule is CC1=CCCC1NC(=O)Nc1ccc(Cl)c(S(=O)(=O)C(F)(F)CN(C)C)c1O. The van der Waals surface area contributed by atoms with E-state index in [1.165, 1.54) is 14.1 Å². The number of nitrogens with zero attached hydrogens (tertiary/aromatic N) is 1. The number of phenolic OH excluding ortho intramolecular Hbond substituents is 1. The predicted molar refractivity (Wildman–Crippen MR) is 103 cm³/mol. The number of amides is 2. The van der Waals surface area contributed by atoms with Gasteiger partial charge < -0.3 is 20.6 Å². The molecule has 0 fully saturated rings. The summed E-state index contributed by atoms with van der Waals surface area (Å²) in [6.07, 6.45) is 3.50. The zero-order valence-electron chi connectivity index (χ0n) is 15.6. The molecule has 0 aromatic heterocycles. The number of anilines is 1. The highest BCUT2D eigenvalue weighted by Crippen LogP contribution is 2.42. The van der Waals surface area contributed by atoms with Crippen LogP contribution in [0.3, 0.4) is 0 Å². The Morgan fingerprint density at radius 3 is 2.57 bits per heavy atom. The molecule has 2 amide bonds. The van der Waals surface area contributed by atoms with E-state index in [9.17, 15) is 27.1 Å². The van der Waals surface area contributed by atoms with Gasteiger partial charge in [-0.1, -0.05) is 23.3 Å². The van der Waals surface area contributed by atoms with Gasteiger partial charge in [0.1, 0.15) is 4.90 Å². The molecular weight excluding hydrogens is 416 g/mol. The molecular formula is C17H22ClF2N3O4S. The third-order valence-electron chi connectivity index (χ3n) is 4.27. The van der Waals surface area contributed by atoms with E-state index >= 15 is 0 Å². The van der Waals surface area contributed by atoms with Crippen LogP contribution < -0.4 is 10.6 Å². The van der Waals surface area contributed by atoms with Gasteiger partial charge in [-0.25, -0.2) is 13.2 Å². The average molecular weight is 438 g/mol. The molecule has 3 N–H and O–H groups in total. The number of aromatic hydroxyl groups is 1. The van der Waals surface area contributed by atoms with Crippen molar-refractivity contribution in [3.63, 3.8) is 0 Å². The second-order valence-electron chi connectivity index (χ2n) is 6.83. The number of allylic oxidation sites excluding steroid dienone is 1. The van der Waals surface area contributed by atoms with Crippen molar-refractivity contribution in [2.24, 2.45) is 0 Å². The Balaban J connectivity index is 2.33. The zero-order valence-corrected chi connectivity index (χ0v) is 17.2. The molecule has 0 saturated heterocycles. The van der Waals surface area contributed by atoms with Gasteiger partial charge in [0.2, 0.25) is 9.84 Å². The van der Waals surface area contributed by atoms with Crippen molar-refractivity contribution in [3.05, 3.63) is 28.8 Å². The Labute approximate surface area is 167 Å². The maximum absolute atomic E-state index is 14.3. The largest absolute Gasteiger partial charge is 0.504 e. The van der Waals surface area contributed by atoms with Crippen molar-refractivity contribution in [1.82, 2.24) is 10.2 Å². The van der Waals surface area contributed by atoms with Gasteiger partial charge in [0.15, 0.2) is 5.75 Å². The molecule has 0 saturated carbocycles. The van der Waals surface area contributed by atoms with Crippen LogP contribution in [0, 0.1) is 0 Å². The minimum absolute atomic E-state index is 0.193. The summed E-state index contributed by atoms with van der Waals surface area (Å²) in [6.45, 7) is 0.756. The molecule has 2 rings (SSSR count). The maximum atomic E-state index is 14.3. The summed E-state index contributed by atoms with van der Waals surface area (Å²) < 4.78 is 53.5. The molecule has 28 heavy (non-hydrogen) atoms. The van der Waals surface area contributed by atoms with Crippen molar-refractivity contribution < 1.29 is 27.1 Å². The molecule has 1 unspecified atom stereocenters. The van der Waals surface area contributed by atoms with Crippen molar-refractivity contribution in [3.8, 4) is 5.75 Å². The van der Waals surface area contributed by atoms with Crippen LogP contribution >= 0.6 is 11.6 Å². The second-order valence-corrected chi connectivity index (χ2v) is 9.25. The first-order chi connectivity index (χ1) is 12.9. The number of carbonyl (C=O) groups excluding carboxylic acids is 1. The van der Waals surface area contributed by atoms with E-state index in [1.807, 2.05) is 13.0 Å². The molecule has 1 aromatic rings. The first kappa shape index (κ1) is 22.4. The fourth-order valence-corrected chi connectivity index (χ4v) is 4.73. The number of sulfone groups is 1. The molecule has 0 bridgehead atoms. The van der Waals surface area contributed by atoms with E-state index in [-0.39, 0.29) is 11.7 Å². The number of nitrogens with one attached hydrogen (secondary N) is 2. The standard InChI is InChI=1S/C17H22ClF2N3O4S/c1-10-5-4-6-12(10)21-16(25)22-13-8-7-11(18)15(14(13)24)28(26,27)17(19,20)9-23(2)3/h5,7-8,12,24H,4,6,9H2,1-3H3,(H2,21,22,25). The van der Waals surface area contributed by atoms with E-state index in [4.69, 9.17) is 11.6 Å². The molecule has 156 valence electrons. The average Bonchev–Trinajstić information content (AvgIpc) is 2.93. The minimum atomic E-state index is -5.32. The lowest BCUT2D eigenvalue weighted by atomic mass is 10.2. The lowest BCUT2D eigenvalue weighted by molar-refractivity contribution is 0.0611. The third kappa shape index (κ3) is 4.56. The molecule has 1 aromatic carbocycles. The van der Waals surface area contributed by atoms with Crippen LogP contribution in [0.25, 0.3) is 0 Å². The number of urea groups is 1. The smallest absolute Gasteiger partial charge is 0.362 e. The molecule has 11 heteroatoms. The summed E-state index contributed by atoms with van der Waals surface area (Å²) in [4.78, 5) is 12.0. The molecule has 1 aliphatic rings. The Kier molecular flexibility index (Phi) is 6.57. The summed E-state index contributed by atoms with van der Waals surface area (Å²) in [7, 11) is -2.75. The molecule has 0 heterocycles. The zero-order chi connectivity index (χ0) is 21.3. The van der Waals surface area contributed by atoms with E-state index in [0.29, 0.717) is 6.42 Å². The van der Waals surface area contributed by atoms with E-state index in [2.05, 4.69) is 10.6 Å². The van der Waals surface area contributed by atoms with Crippen LogP contribution in [-0.2, 0) is 9.84 Å². The van der Waals surface area contributed by atoms with Crippen molar-refractivity contribution in [2.75, 3.05) is 26.0 Å². The molecule has 7 nitrogen and oxygen atoms in total. The fraction of sp³-hybridized carbons (Fsp3) is 0.471. The Hall–Kier alpha value is -1.91. The van der Waals surface area contributed by atoms with Crippen LogP contribution in [0.1, 0.15) is 19.8 Å². The van der Waals surface area contributed by atoms with E-state index < -0.39 is 43.3 Å². The van der Waals surface area contributed by atoms with E-state index in [1.54, 1.807) is 0 Å². The summed E-state index contributed by atoms with van der Waals surface area (Å²) in [5.74, 6) is -1.04. The fourth-order valence-electron chi connectivity index (χ4n) is 2.86. The highest BCUT2D eigenvalue weighted by molar-refractivity contribution is 7.92. The normalized spacial score (nSPS) is 17.5. The number of hydrogen-bond acceptors (Lipinski definition) is 5. The lowest BCUT2D eigenvalue weighted by Gasteiger charge is -2.22. The summed E-state index contributed by atoms with van der Waals surface area (Å²) >= 11 is 5.80. The van der Waals surface area contributed by atoms with Crippen molar-refractivity contribution in [2.45, 2.75) is 36.0 Å². The Bertz CT molecular complexity index is 904. The van der Waals surface area contributed by atoms with Gasteiger partial charge in [0.05, 0.1) is 23.3 Å². The first-order valence-electron chi connectivity index (χ1n) is 8.39. The summed E-state index contributed by atoms with van der Waals surface area (Å²) in [5, 5.41) is 10.5. The highest BCUT2D eigenvalue weighted by atomic mass is 35.5. The molecule has 0 aliphatic heterocycles. The van der Waals surface area contributed by atoms with Gasteiger partial charge >= 0.3 is 11.3 Å². The van der Waals surface area contributed by atoms with Gasteiger partial charge in [-0.05, 0) is 46.0 Å². The van der Waals surface area contributed by atoms with Gasteiger partial charge in [0, 0.05) is 0 Å². The van der Waals surface area contributed by atoms with Crippen LogP contribution in [0.15, 0.2) is 28.7 Å². The van der Waals surface area contributed by atoms with Gasteiger partial charge in [0.25, 0.3) is 0 Å². The maximum Gasteiger partial charge on any atom is 0.362 e. The van der Waals surface area contributed by atoms with E-state index in [0.717, 1.165) is 29.0 Å². The Morgan fingerprint density at radius 1 is 1.39 bits per heavy atom. The molecule has 0 spiro atoms. The van der Waals surface area contributed by atoms with Crippen molar-refractivity contribution in [1.29, 1.82) is 0 Å². The van der Waals surface area contributed by atoms with Crippen LogP contribution in [-0.4, -0.2) is 56.4 Å². The monoisotopic (exact) mass is 437 g/mol. The number of benzene rings is 1. The van der Waals surface area contributed by atoms with Gasteiger partial charge in [-0.3, -0.25) is 0 Å². The van der Waals surface area contributed by atoms with Gasteiger partial charge in [-0.2, -0.15) is 8.78 Å². The summed E-state index contributed by atoms with van der Waals surface area (Å²) in [6, 6.07) is 1.26. The van der Waals surface area contributed by atoms with Gasteiger partial charge in [-0.15, -0.1) is 0 Å². The minimum Gasteiger partial charge on any atom is -0.504 e. The van der Waals surface area contributed by atoms with Crippen LogP contribution in [0.2, 0.25) is 5.02 Å². The highest BCUT2D eigenvalue weighted by Gasteiger charge is 2.49. The predicted octanol–water partition coefficient (Wildman–Crippen LogP) is 3.20. The number of phenols is 1. The number of hydrogen-bond donors (Lipinski definition) is 3. The molecule has 0 radical (unpaired) electrons. The third-order valence-corrected chi connectivity index (χ3v) is 6.56. The molecule has 1 atom stereocenters. The number of carbonyl (C=O) groups is 1. The van der Waals surface area contributed by atoms with Crippen LogP contribution in [0.5, 0.6) is 5.75 Å². The second kappa shape index (κ2) is 8.22. The topological polar surface area (TPSA) is 98.7 Å². The number of halogens is 3. The lowest BCUT2D eigenvalue weighted by Crippen LogP contribution is -2.39. The number of rotatable bonds is 6. The summed E-state index contributed by atoms with van der Waals surface area (Å²) in [5.41, 5.74) is 0.628. The number of alkyl halides is 2. The first-order valence-corrected chi connectivity index (χ1v) is 10.3. The van der Waals surface area contributed by atoms with Crippen LogP contribution in [0.4, 0.5) is 19.3 Å². The molecule has 1 aliphatic carbocycles. The van der Waals surface area contributed by atoms with Crippen molar-refractivity contribution >= 4 is 33.2 Å². The Morgan fingerprint density at radius 2 is 2.04 bits per heavy atom. The quantitative estimate of drug-likeness (QED) is 0.469.